The van der Waals surface area contributed by atoms with Crippen LogP contribution in [0, 0.1) is 0 Å². The molecule has 1 nitrogen and oxygen atoms in total. The van der Waals surface area contributed by atoms with E-state index >= 15 is 0 Å². The molecule has 0 spiro atoms. The fourth-order valence-electron chi connectivity index (χ4n) is 1.30. The molecular weight excluding hydrogens is 155 g/mol. The van der Waals surface area contributed by atoms with Gasteiger partial charge < -0.3 is 5.32 Å². The van der Waals surface area contributed by atoms with E-state index in [1.54, 1.807) is 0 Å². The Morgan fingerprint density at radius 1 is 1.27 bits per heavy atom. The van der Waals surface area contributed by atoms with Crippen LogP contribution in [0.15, 0.2) is 0 Å². The van der Waals surface area contributed by atoms with Crippen molar-refractivity contribution < 1.29 is 13.2 Å². The van der Waals surface area contributed by atoms with Crippen molar-refractivity contribution in [2.75, 3.05) is 6.54 Å². The molecule has 1 unspecified atom stereocenters. The lowest BCUT2D eigenvalue weighted by Gasteiger charge is -2.36. The van der Waals surface area contributed by atoms with Crippen molar-refractivity contribution >= 4 is 0 Å². The van der Waals surface area contributed by atoms with Gasteiger partial charge in [0.25, 0.3) is 0 Å². The molecule has 1 aliphatic rings. The van der Waals surface area contributed by atoms with E-state index < -0.39 is 11.7 Å². The van der Waals surface area contributed by atoms with Crippen LogP contribution in [0.1, 0.15) is 26.2 Å². The summed E-state index contributed by atoms with van der Waals surface area (Å²) in [7, 11) is 0. The Labute approximate surface area is 64.0 Å². The molecule has 0 aromatic rings. The van der Waals surface area contributed by atoms with Gasteiger partial charge in [0.1, 0.15) is 5.54 Å². The molecule has 1 atom stereocenters. The monoisotopic (exact) mass is 167 g/mol. The van der Waals surface area contributed by atoms with Gasteiger partial charge in [-0.1, -0.05) is 6.42 Å². The number of hydrogen-bond donors (Lipinski definition) is 1. The molecule has 0 saturated carbocycles. The van der Waals surface area contributed by atoms with Crippen molar-refractivity contribution in [3.63, 3.8) is 0 Å². The maximum atomic E-state index is 12.3. The van der Waals surface area contributed by atoms with Gasteiger partial charge in [-0.25, -0.2) is 0 Å². The Bertz CT molecular complexity index is 135. The van der Waals surface area contributed by atoms with Crippen molar-refractivity contribution in [2.45, 2.75) is 37.9 Å². The Morgan fingerprint density at radius 2 is 1.91 bits per heavy atom. The van der Waals surface area contributed by atoms with E-state index in [1.807, 2.05) is 0 Å². The quantitative estimate of drug-likeness (QED) is 0.582. The summed E-state index contributed by atoms with van der Waals surface area (Å²) in [6, 6.07) is 0. The molecule has 1 aliphatic heterocycles. The minimum Gasteiger partial charge on any atom is -0.304 e. The third-order valence-electron chi connectivity index (χ3n) is 2.24. The lowest BCUT2D eigenvalue weighted by atomic mass is 9.90. The fraction of sp³-hybridized carbons (Fsp3) is 1.00. The van der Waals surface area contributed by atoms with Gasteiger partial charge in [-0.15, -0.1) is 0 Å². The summed E-state index contributed by atoms with van der Waals surface area (Å²) < 4.78 is 36.8. The Kier molecular flexibility index (Phi) is 2.14. The summed E-state index contributed by atoms with van der Waals surface area (Å²) in [5.41, 5.74) is -1.63. The molecule has 1 N–H and O–H groups in total. The normalized spacial score (nSPS) is 33.8. The van der Waals surface area contributed by atoms with E-state index in [0.717, 1.165) is 6.42 Å². The van der Waals surface area contributed by atoms with E-state index in [0.29, 0.717) is 13.0 Å². The van der Waals surface area contributed by atoms with E-state index in [-0.39, 0.29) is 6.42 Å². The maximum absolute atomic E-state index is 12.3. The zero-order valence-electron chi connectivity index (χ0n) is 6.46. The van der Waals surface area contributed by atoms with Gasteiger partial charge in [0.2, 0.25) is 0 Å². The lowest BCUT2D eigenvalue weighted by Crippen LogP contribution is -2.56. The summed E-state index contributed by atoms with van der Waals surface area (Å²) in [5, 5.41) is 2.51. The summed E-state index contributed by atoms with van der Waals surface area (Å²) in [4.78, 5) is 0. The van der Waals surface area contributed by atoms with Crippen molar-refractivity contribution in [3.05, 3.63) is 0 Å². The molecule has 66 valence electrons. The molecular formula is C7H12F3N. The second kappa shape index (κ2) is 2.66. The van der Waals surface area contributed by atoms with Gasteiger partial charge in [0.15, 0.2) is 0 Å². The Morgan fingerprint density at radius 3 is 2.18 bits per heavy atom. The molecule has 1 fully saturated rings. The van der Waals surface area contributed by atoms with E-state index in [4.69, 9.17) is 0 Å². The molecule has 1 rings (SSSR count). The summed E-state index contributed by atoms with van der Waals surface area (Å²) in [6.07, 6.45) is -2.38. The van der Waals surface area contributed by atoms with Crippen LogP contribution in [-0.2, 0) is 0 Å². The van der Waals surface area contributed by atoms with Gasteiger partial charge in [0.05, 0.1) is 0 Å². The maximum Gasteiger partial charge on any atom is 0.406 e. The van der Waals surface area contributed by atoms with Crippen LogP contribution in [0.4, 0.5) is 13.2 Å². The second-order valence-electron chi connectivity index (χ2n) is 3.21. The molecule has 4 heteroatoms. The van der Waals surface area contributed by atoms with Crippen LogP contribution in [0.2, 0.25) is 0 Å². The molecule has 0 aliphatic carbocycles. The molecule has 0 aromatic carbocycles. The Hall–Kier alpha value is -0.250. The SMILES string of the molecule is CC1(C(F)(F)F)CCCCN1. The van der Waals surface area contributed by atoms with Gasteiger partial charge in [0, 0.05) is 0 Å². The van der Waals surface area contributed by atoms with Gasteiger partial charge in [-0.3, -0.25) is 0 Å². The van der Waals surface area contributed by atoms with Gasteiger partial charge in [-0.2, -0.15) is 13.2 Å². The van der Waals surface area contributed by atoms with Crippen LogP contribution in [0.25, 0.3) is 0 Å². The predicted octanol–water partition coefficient (Wildman–Crippen LogP) is 2.08. The number of alkyl halides is 3. The number of halogens is 3. The number of piperidine rings is 1. The zero-order valence-corrected chi connectivity index (χ0v) is 6.46. The van der Waals surface area contributed by atoms with Crippen LogP contribution in [0.5, 0.6) is 0 Å². The summed E-state index contributed by atoms with van der Waals surface area (Å²) in [6.45, 7) is 1.71. The zero-order chi connectivity index (χ0) is 8.54. The molecule has 11 heavy (non-hydrogen) atoms. The minimum atomic E-state index is -4.10. The molecule has 0 radical (unpaired) electrons. The first-order valence-electron chi connectivity index (χ1n) is 3.77. The summed E-state index contributed by atoms with van der Waals surface area (Å²) in [5.74, 6) is 0. The predicted molar refractivity (Wildman–Crippen MR) is 36.3 cm³/mol. The smallest absolute Gasteiger partial charge is 0.304 e. The Balaban J connectivity index is 2.64. The van der Waals surface area contributed by atoms with E-state index in [1.165, 1.54) is 6.92 Å². The highest BCUT2D eigenvalue weighted by Gasteiger charge is 2.50. The third kappa shape index (κ3) is 1.67. The van der Waals surface area contributed by atoms with Crippen LogP contribution >= 0.6 is 0 Å². The van der Waals surface area contributed by atoms with Crippen molar-refractivity contribution in [1.82, 2.24) is 5.32 Å². The first-order chi connectivity index (χ1) is 4.96. The van der Waals surface area contributed by atoms with Crippen molar-refractivity contribution in [2.24, 2.45) is 0 Å². The molecule has 0 amide bonds. The highest BCUT2D eigenvalue weighted by atomic mass is 19.4. The molecule has 1 heterocycles. The van der Waals surface area contributed by atoms with Gasteiger partial charge in [-0.05, 0) is 26.3 Å². The first-order valence-corrected chi connectivity index (χ1v) is 3.77. The molecule has 0 bridgehead atoms. The minimum absolute atomic E-state index is 0.205. The highest BCUT2D eigenvalue weighted by molar-refractivity contribution is 4.92. The van der Waals surface area contributed by atoms with Crippen LogP contribution in [0.3, 0.4) is 0 Å². The van der Waals surface area contributed by atoms with E-state index in [9.17, 15) is 13.2 Å². The molecule has 1 saturated heterocycles. The second-order valence-corrected chi connectivity index (χ2v) is 3.21. The average Bonchev–Trinajstić information content (AvgIpc) is 1.87. The van der Waals surface area contributed by atoms with Crippen LogP contribution < -0.4 is 5.32 Å². The number of nitrogens with one attached hydrogen (secondary N) is 1. The topological polar surface area (TPSA) is 12.0 Å². The fourth-order valence-corrected chi connectivity index (χ4v) is 1.30. The van der Waals surface area contributed by atoms with Crippen LogP contribution in [-0.4, -0.2) is 18.3 Å². The lowest BCUT2D eigenvalue weighted by molar-refractivity contribution is -0.197. The van der Waals surface area contributed by atoms with E-state index in [2.05, 4.69) is 5.32 Å². The summed E-state index contributed by atoms with van der Waals surface area (Å²) >= 11 is 0. The average molecular weight is 167 g/mol. The van der Waals surface area contributed by atoms with Crippen molar-refractivity contribution in [3.8, 4) is 0 Å². The standard InChI is InChI=1S/C7H12F3N/c1-6(7(8,9)10)4-2-3-5-11-6/h11H,2-5H2,1H3. The third-order valence-corrected chi connectivity index (χ3v) is 2.24. The molecule has 0 aromatic heterocycles. The number of hydrogen-bond acceptors (Lipinski definition) is 1. The number of rotatable bonds is 0. The largest absolute Gasteiger partial charge is 0.406 e. The first kappa shape index (κ1) is 8.84. The van der Waals surface area contributed by atoms with Crippen molar-refractivity contribution in [1.29, 1.82) is 0 Å². The van der Waals surface area contributed by atoms with Gasteiger partial charge >= 0.3 is 6.18 Å². The highest BCUT2D eigenvalue weighted by Crippen LogP contribution is 2.35.